The SMILES string of the molecule is Cc1cccc(C(=O)c2cc3cccc(Cl)c3o2)c1. The third-order valence-corrected chi connectivity index (χ3v) is 3.30. The number of benzene rings is 2. The predicted molar refractivity (Wildman–Crippen MR) is 75.8 cm³/mol. The molecule has 0 amide bonds. The number of ketones is 1. The number of hydrogen-bond donors (Lipinski definition) is 0. The normalized spacial score (nSPS) is 10.8. The van der Waals surface area contributed by atoms with E-state index in [4.69, 9.17) is 16.0 Å². The van der Waals surface area contributed by atoms with Gasteiger partial charge < -0.3 is 4.42 Å². The summed E-state index contributed by atoms with van der Waals surface area (Å²) in [6, 6.07) is 14.6. The molecule has 0 aliphatic carbocycles. The first-order valence-electron chi connectivity index (χ1n) is 5.94. The molecule has 0 radical (unpaired) electrons. The maximum Gasteiger partial charge on any atom is 0.228 e. The lowest BCUT2D eigenvalue weighted by atomic mass is 10.1. The monoisotopic (exact) mass is 270 g/mol. The summed E-state index contributed by atoms with van der Waals surface area (Å²) >= 11 is 6.04. The summed E-state index contributed by atoms with van der Waals surface area (Å²) in [4.78, 5) is 12.3. The quantitative estimate of drug-likeness (QED) is 0.636. The van der Waals surface area contributed by atoms with Crippen molar-refractivity contribution in [1.29, 1.82) is 0 Å². The van der Waals surface area contributed by atoms with Crippen molar-refractivity contribution in [3.8, 4) is 0 Å². The van der Waals surface area contributed by atoms with Crippen LogP contribution in [-0.4, -0.2) is 5.78 Å². The molecule has 1 aromatic heterocycles. The summed E-state index contributed by atoms with van der Waals surface area (Å²) in [7, 11) is 0. The molecule has 0 saturated carbocycles. The minimum Gasteiger partial charge on any atom is -0.451 e. The van der Waals surface area contributed by atoms with Gasteiger partial charge >= 0.3 is 0 Å². The molecule has 3 heteroatoms. The van der Waals surface area contributed by atoms with Crippen molar-refractivity contribution in [3.63, 3.8) is 0 Å². The molecule has 0 N–H and O–H groups in total. The highest BCUT2D eigenvalue weighted by Gasteiger charge is 2.15. The van der Waals surface area contributed by atoms with Crippen molar-refractivity contribution in [2.45, 2.75) is 6.92 Å². The largest absolute Gasteiger partial charge is 0.451 e. The minimum absolute atomic E-state index is 0.129. The number of carbonyl (C=O) groups is 1. The summed E-state index contributed by atoms with van der Waals surface area (Å²) in [5, 5.41) is 1.35. The van der Waals surface area contributed by atoms with E-state index in [0.717, 1.165) is 10.9 Å². The molecule has 2 aromatic carbocycles. The number of furan rings is 1. The van der Waals surface area contributed by atoms with Gasteiger partial charge in [0.25, 0.3) is 0 Å². The Bertz CT molecular complexity index is 771. The molecule has 2 nitrogen and oxygen atoms in total. The van der Waals surface area contributed by atoms with Crippen LogP contribution in [0.1, 0.15) is 21.7 Å². The van der Waals surface area contributed by atoms with E-state index in [1.165, 1.54) is 0 Å². The van der Waals surface area contributed by atoms with E-state index in [9.17, 15) is 4.79 Å². The van der Waals surface area contributed by atoms with E-state index < -0.39 is 0 Å². The van der Waals surface area contributed by atoms with E-state index in [1.807, 2.05) is 37.3 Å². The van der Waals surface area contributed by atoms with Gasteiger partial charge in [0, 0.05) is 10.9 Å². The maximum absolute atomic E-state index is 12.3. The van der Waals surface area contributed by atoms with Gasteiger partial charge in [-0.15, -0.1) is 0 Å². The van der Waals surface area contributed by atoms with E-state index in [2.05, 4.69) is 0 Å². The molecule has 0 bridgehead atoms. The first-order valence-corrected chi connectivity index (χ1v) is 6.32. The Balaban J connectivity index is 2.09. The zero-order valence-corrected chi connectivity index (χ0v) is 11.1. The van der Waals surface area contributed by atoms with Crippen LogP contribution in [-0.2, 0) is 0 Å². The first-order chi connectivity index (χ1) is 9.15. The van der Waals surface area contributed by atoms with Gasteiger partial charge in [-0.3, -0.25) is 4.79 Å². The Hall–Kier alpha value is -2.06. The summed E-state index contributed by atoms with van der Waals surface area (Å²) in [5.74, 6) is 0.185. The fourth-order valence-electron chi connectivity index (χ4n) is 2.07. The van der Waals surface area contributed by atoms with Gasteiger partial charge in [0.15, 0.2) is 11.3 Å². The zero-order chi connectivity index (χ0) is 13.4. The fraction of sp³-hybridized carbons (Fsp3) is 0.0625. The lowest BCUT2D eigenvalue weighted by molar-refractivity contribution is 0.101. The van der Waals surface area contributed by atoms with Crippen molar-refractivity contribution in [3.05, 3.63) is 70.4 Å². The Morgan fingerprint density at radius 2 is 1.89 bits per heavy atom. The third kappa shape index (κ3) is 2.15. The van der Waals surface area contributed by atoms with Crippen LogP contribution < -0.4 is 0 Å². The molecule has 0 atom stereocenters. The van der Waals surface area contributed by atoms with Crippen molar-refractivity contribution in [1.82, 2.24) is 0 Å². The molecule has 94 valence electrons. The molecule has 0 unspecified atom stereocenters. The highest BCUT2D eigenvalue weighted by Crippen LogP contribution is 2.27. The summed E-state index contributed by atoms with van der Waals surface area (Å²) in [6.07, 6.45) is 0. The van der Waals surface area contributed by atoms with Crippen LogP contribution >= 0.6 is 11.6 Å². The van der Waals surface area contributed by atoms with E-state index >= 15 is 0 Å². The summed E-state index contributed by atoms with van der Waals surface area (Å²) in [5.41, 5.74) is 2.22. The second-order valence-electron chi connectivity index (χ2n) is 4.47. The van der Waals surface area contributed by atoms with Gasteiger partial charge in [0.05, 0.1) is 5.02 Å². The molecule has 0 fully saturated rings. The zero-order valence-electron chi connectivity index (χ0n) is 10.3. The highest BCUT2D eigenvalue weighted by atomic mass is 35.5. The van der Waals surface area contributed by atoms with Crippen molar-refractivity contribution < 1.29 is 9.21 Å². The number of aryl methyl sites for hydroxylation is 1. The molecule has 0 saturated heterocycles. The number of halogens is 1. The number of para-hydroxylation sites is 1. The topological polar surface area (TPSA) is 30.2 Å². The number of rotatable bonds is 2. The average molecular weight is 271 g/mol. The number of hydrogen-bond acceptors (Lipinski definition) is 2. The average Bonchev–Trinajstić information content (AvgIpc) is 2.83. The molecule has 0 aliphatic heterocycles. The van der Waals surface area contributed by atoms with Crippen LogP contribution in [0, 0.1) is 6.92 Å². The first kappa shape index (κ1) is 12.0. The highest BCUT2D eigenvalue weighted by molar-refractivity contribution is 6.35. The van der Waals surface area contributed by atoms with Gasteiger partial charge in [-0.2, -0.15) is 0 Å². The Kier molecular flexibility index (Phi) is 2.88. The van der Waals surface area contributed by atoms with Crippen LogP contribution in [0.4, 0.5) is 0 Å². The number of carbonyl (C=O) groups excluding carboxylic acids is 1. The standard InChI is InChI=1S/C16H11ClO2/c1-10-4-2-5-11(8-10)15(18)14-9-12-6-3-7-13(17)16(12)19-14/h2-9H,1H3. The van der Waals surface area contributed by atoms with Crippen LogP contribution in [0.25, 0.3) is 11.0 Å². The van der Waals surface area contributed by atoms with Crippen molar-refractivity contribution in [2.75, 3.05) is 0 Å². The predicted octanol–water partition coefficient (Wildman–Crippen LogP) is 4.63. The Morgan fingerprint density at radius 3 is 2.63 bits per heavy atom. The van der Waals surface area contributed by atoms with E-state index in [0.29, 0.717) is 21.9 Å². The minimum atomic E-state index is -0.129. The fourth-order valence-corrected chi connectivity index (χ4v) is 2.29. The molecule has 0 spiro atoms. The third-order valence-electron chi connectivity index (χ3n) is 3.00. The molecule has 1 heterocycles. The smallest absolute Gasteiger partial charge is 0.228 e. The van der Waals surface area contributed by atoms with E-state index in [1.54, 1.807) is 18.2 Å². The van der Waals surface area contributed by atoms with Gasteiger partial charge in [-0.05, 0) is 25.1 Å². The Labute approximate surface area is 115 Å². The van der Waals surface area contributed by atoms with E-state index in [-0.39, 0.29) is 5.78 Å². The summed E-state index contributed by atoms with van der Waals surface area (Å²) < 4.78 is 5.57. The molecule has 3 rings (SSSR count). The lowest BCUT2D eigenvalue weighted by Crippen LogP contribution is -1.99. The second kappa shape index (κ2) is 4.56. The van der Waals surface area contributed by atoms with Gasteiger partial charge in [-0.1, -0.05) is 47.5 Å². The molecule has 3 aromatic rings. The van der Waals surface area contributed by atoms with Crippen LogP contribution in [0.15, 0.2) is 52.9 Å². The van der Waals surface area contributed by atoms with Crippen LogP contribution in [0.3, 0.4) is 0 Å². The molecule has 0 aliphatic rings. The van der Waals surface area contributed by atoms with Crippen LogP contribution in [0.5, 0.6) is 0 Å². The summed E-state index contributed by atoms with van der Waals surface area (Å²) in [6.45, 7) is 1.95. The maximum atomic E-state index is 12.3. The Morgan fingerprint density at radius 1 is 1.11 bits per heavy atom. The van der Waals surface area contributed by atoms with Crippen molar-refractivity contribution in [2.24, 2.45) is 0 Å². The lowest BCUT2D eigenvalue weighted by Gasteiger charge is -1.98. The van der Waals surface area contributed by atoms with Crippen LogP contribution in [0.2, 0.25) is 5.02 Å². The van der Waals surface area contributed by atoms with Crippen molar-refractivity contribution >= 4 is 28.4 Å². The number of fused-ring (bicyclic) bond motifs is 1. The van der Waals surface area contributed by atoms with Gasteiger partial charge in [-0.25, -0.2) is 0 Å². The molecular weight excluding hydrogens is 260 g/mol. The van der Waals surface area contributed by atoms with Gasteiger partial charge in [0.1, 0.15) is 0 Å². The molecule has 19 heavy (non-hydrogen) atoms. The molecular formula is C16H11ClO2. The second-order valence-corrected chi connectivity index (χ2v) is 4.87. The van der Waals surface area contributed by atoms with Gasteiger partial charge in [0.2, 0.25) is 5.78 Å².